The van der Waals surface area contributed by atoms with Crippen LogP contribution in [-0.2, 0) is 11.2 Å². The highest BCUT2D eigenvalue weighted by molar-refractivity contribution is 5.44. The third-order valence-electron chi connectivity index (χ3n) is 6.34. The molecular weight excluding hydrogens is 359 g/mol. The molecule has 1 aromatic rings. The lowest BCUT2D eigenvalue weighted by atomic mass is 9.86. The standard InChI is InChI=1S/C22H33FN2O3/c1-3-12-28-20-6-4-19(5-7-20)24-10-8-17(9-11-24)15-18-13-16(2)14-21(23)22(18)25(26)27/h13-14,17,19-20H,3-12,15H2,1-2H3. The SMILES string of the molecule is CCCOC1CCC(N2CCC(Cc3cc(C)cc(F)c3[N+](=O)[O-])CC2)CC1. The number of aryl methyl sites for hydroxylation is 1. The van der Waals surface area contributed by atoms with Crippen LogP contribution in [0.1, 0.15) is 63.0 Å². The number of nitrogens with zero attached hydrogens (tertiary/aromatic N) is 2. The molecule has 5 nitrogen and oxygen atoms in total. The van der Waals surface area contributed by atoms with Crippen LogP contribution in [-0.4, -0.2) is 41.7 Å². The molecule has 0 amide bonds. The molecule has 1 saturated heterocycles. The van der Waals surface area contributed by atoms with Gasteiger partial charge in [0.15, 0.2) is 0 Å². The lowest BCUT2D eigenvalue weighted by molar-refractivity contribution is -0.388. The van der Waals surface area contributed by atoms with Gasteiger partial charge in [0.25, 0.3) is 0 Å². The normalized spacial score (nSPS) is 24.4. The number of likely N-dealkylation sites (tertiary alicyclic amines) is 1. The molecule has 0 aromatic heterocycles. The van der Waals surface area contributed by atoms with Crippen molar-refractivity contribution in [1.82, 2.24) is 4.90 Å². The monoisotopic (exact) mass is 392 g/mol. The van der Waals surface area contributed by atoms with Gasteiger partial charge in [-0.2, -0.15) is 4.39 Å². The summed E-state index contributed by atoms with van der Waals surface area (Å²) < 4.78 is 20.0. The van der Waals surface area contributed by atoms with E-state index in [1.165, 1.54) is 18.9 Å². The van der Waals surface area contributed by atoms with Crippen LogP contribution in [0.3, 0.4) is 0 Å². The predicted molar refractivity (Wildman–Crippen MR) is 108 cm³/mol. The van der Waals surface area contributed by atoms with Crippen molar-refractivity contribution in [2.45, 2.75) is 77.4 Å². The zero-order chi connectivity index (χ0) is 20.1. The Morgan fingerprint density at radius 1 is 1.18 bits per heavy atom. The largest absolute Gasteiger partial charge is 0.378 e. The summed E-state index contributed by atoms with van der Waals surface area (Å²) in [7, 11) is 0. The summed E-state index contributed by atoms with van der Waals surface area (Å²) in [6, 6.07) is 3.68. The van der Waals surface area contributed by atoms with Gasteiger partial charge >= 0.3 is 5.69 Å². The number of halogens is 1. The molecule has 0 spiro atoms. The molecule has 2 fully saturated rings. The van der Waals surface area contributed by atoms with Crippen molar-refractivity contribution in [3.8, 4) is 0 Å². The number of hydrogen-bond donors (Lipinski definition) is 0. The first-order chi connectivity index (χ1) is 13.5. The number of benzene rings is 1. The highest BCUT2D eigenvalue weighted by Gasteiger charge is 2.30. The molecule has 3 rings (SSSR count). The molecule has 0 atom stereocenters. The number of rotatable bonds is 7. The van der Waals surface area contributed by atoms with Crippen LogP contribution in [0.15, 0.2) is 12.1 Å². The Hall–Kier alpha value is -1.53. The summed E-state index contributed by atoms with van der Waals surface area (Å²) in [5, 5.41) is 11.3. The average Bonchev–Trinajstić information content (AvgIpc) is 2.66. The highest BCUT2D eigenvalue weighted by atomic mass is 19.1. The quantitative estimate of drug-likeness (QED) is 0.482. The van der Waals surface area contributed by atoms with E-state index in [1.54, 1.807) is 13.0 Å². The second-order valence-corrected chi connectivity index (χ2v) is 8.50. The van der Waals surface area contributed by atoms with Crippen molar-refractivity contribution in [3.05, 3.63) is 39.2 Å². The molecule has 0 bridgehead atoms. The van der Waals surface area contributed by atoms with Gasteiger partial charge < -0.3 is 9.64 Å². The fourth-order valence-corrected chi connectivity index (χ4v) is 4.86. The lowest BCUT2D eigenvalue weighted by Gasteiger charge is -2.40. The third kappa shape index (κ3) is 5.29. The van der Waals surface area contributed by atoms with E-state index < -0.39 is 10.7 Å². The molecule has 1 saturated carbocycles. The summed E-state index contributed by atoms with van der Waals surface area (Å²) in [5.74, 6) is -0.320. The van der Waals surface area contributed by atoms with Crippen LogP contribution in [0.5, 0.6) is 0 Å². The molecule has 0 radical (unpaired) electrons. The molecule has 0 unspecified atom stereocenters. The Labute approximate surface area is 167 Å². The number of nitro groups is 1. The van der Waals surface area contributed by atoms with Gasteiger partial charge in [-0.25, -0.2) is 0 Å². The summed E-state index contributed by atoms with van der Waals surface area (Å²) in [5.41, 5.74) is 0.963. The first kappa shape index (κ1) is 21.2. The van der Waals surface area contributed by atoms with Gasteiger partial charge in [0, 0.05) is 18.2 Å². The summed E-state index contributed by atoms with van der Waals surface area (Å²) >= 11 is 0. The van der Waals surface area contributed by atoms with E-state index in [1.807, 2.05) is 0 Å². The van der Waals surface area contributed by atoms with Crippen LogP contribution < -0.4 is 0 Å². The molecule has 1 aliphatic heterocycles. The van der Waals surface area contributed by atoms with Crippen molar-refractivity contribution in [3.63, 3.8) is 0 Å². The Morgan fingerprint density at radius 3 is 2.46 bits per heavy atom. The minimum absolute atomic E-state index is 0.335. The molecule has 28 heavy (non-hydrogen) atoms. The van der Waals surface area contributed by atoms with Crippen LogP contribution >= 0.6 is 0 Å². The lowest BCUT2D eigenvalue weighted by Crippen LogP contribution is -2.44. The zero-order valence-electron chi connectivity index (χ0n) is 17.2. The van der Waals surface area contributed by atoms with Gasteiger partial charge in [-0.3, -0.25) is 10.1 Å². The second kappa shape index (κ2) is 9.79. The van der Waals surface area contributed by atoms with Crippen molar-refractivity contribution in [2.75, 3.05) is 19.7 Å². The predicted octanol–water partition coefficient (Wildman–Crippen LogP) is 5.03. The number of ether oxygens (including phenoxy) is 1. The number of piperidine rings is 1. The van der Waals surface area contributed by atoms with Crippen molar-refractivity contribution < 1.29 is 14.1 Å². The van der Waals surface area contributed by atoms with Gasteiger partial charge in [0.2, 0.25) is 5.82 Å². The Kier molecular flexibility index (Phi) is 7.41. The maximum Gasteiger partial charge on any atom is 0.307 e. The van der Waals surface area contributed by atoms with Crippen LogP contribution in [0, 0.1) is 28.8 Å². The first-order valence-electron chi connectivity index (χ1n) is 10.8. The third-order valence-corrected chi connectivity index (χ3v) is 6.34. The van der Waals surface area contributed by atoms with Crippen molar-refractivity contribution in [1.29, 1.82) is 0 Å². The summed E-state index contributed by atoms with van der Waals surface area (Å²) in [4.78, 5) is 13.3. The fraction of sp³-hybridized carbons (Fsp3) is 0.727. The zero-order valence-corrected chi connectivity index (χ0v) is 17.2. The van der Waals surface area contributed by atoms with Crippen LogP contribution in [0.25, 0.3) is 0 Å². The molecule has 2 aliphatic rings. The second-order valence-electron chi connectivity index (χ2n) is 8.50. The fourth-order valence-electron chi connectivity index (χ4n) is 4.86. The van der Waals surface area contributed by atoms with E-state index in [2.05, 4.69) is 11.8 Å². The van der Waals surface area contributed by atoms with Gasteiger partial charge in [-0.05, 0) is 95.0 Å². The molecule has 1 aromatic carbocycles. The van der Waals surface area contributed by atoms with E-state index >= 15 is 0 Å². The van der Waals surface area contributed by atoms with Gasteiger partial charge in [-0.15, -0.1) is 0 Å². The van der Waals surface area contributed by atoms with Crippen molar-refractivity contribution in [2.24, 2.45) is 5.92 Å². The Morgan fingerprint density at radius 2 is 1.86 bits per heavy atom. The number of hydrogen-bond acceptors (Lipinski definition) is 4. The molecule has 1 aliphatic carbocycles. The number of nitro benzene ring substituents is 1. The van der Waals surface area contributed by atoms with Crippen molar-refractivity contribution >= 4 is 5.69 Å². The first-order valence-corrected chi connectivity index (χ1v) is 10.8. The van der Waals surface area contributed by atoms with Gasteiger partial charge in [0.05, 0.1) is 11.0 Å². The summed E-state index contributed by atoms with van der Waals surface area (Å²) in [6.07, 6.45) is 8.87. The van der Waals surface area contributed by atoms with E-state index in [4.69, 9.17) is 4.74 Å². The smallest absolute Gasteiger partial charge is 0.307 e. The molecule has 6 heteroatoms. The summed E-state index contributed by atoms with van der Waals surface area (Å²) in [6.45, 7) is 6.89. The molecular formula is C22H33FN2O3. The average molecular weight is 393 g/mol. The molecule has 0 N–H and O–H groups in total. The van der Waals surface area contributed by atoms with E-state index in [0.29, 0.717) is 30.0 Å². The van der Waals surface area contributed by atoms with Gasteiger partial charge in [-0.1, -0.05) is 6.92 Å². The van der Waals surface area contributed by atoms with E-state index in [9.17, 15) is 14.5 Å². The minimum Gasteiger partial charge on any atom is -0.378 e. The maximum atomic E-state index is 14.1. The Balaban J connectivity index is 1.51. The molecule has 1 heterocycles. The Bertz CT molecular complexity index is 666. The topological polar surface area (TPSA) is 55.6 Å². The maximum absolute atomic E-state index is 14.1. The van der Waals surface area contributed by atoms with Gasteiger partial charge in [0.1, 0.15) is 0 Å². The van der Waals surface area contributed by atoms with Crippen LogP contribution in [0.4, 0.5) is 10.1 Å². The van der Waals surface area contributed by atoms with Crippen LogP contribution in [0.2, 0.25) is 0 Å². The van der Waals surface area contributed by atoms with E-state index in [-0.39, 0.29) is 5.69 Å². The highest BCUT2D eigenvalue weighted by Crippen LogP contribution is 2.32. The minimum atomic E-state index is -0.709. The molecule has 156 valence electrons. The van der Waals surface area contributed by atoms with E-state index in [0.717, 1.165) is 57.4 Å².